The molecule has 0 unspecified atom stereocenters. The van der Waals surface area contributed by atoms with Gasteiger partial charge in [0, 0.05) is 22.7 Å². The first-order chi connectivity index (χ1) is 10.2. The van der Waals surface area contributed by atoms with Gasteiger partial charge in [0.2, 0.25) is 0 Å². The fraction of sp³-hybridized carbons (Fsp3) is 0.333. The van der Waals surface area contributed by atoms with Crippen LogP contribution in [-0.4, -0.2) is 17.1 Å². The van der Waals surface area contributed by atoms with Gasteiger partial charge in [-0.2, -0.15) is 0 Å². The summed E-state index contributed by atoms with van der Waals surface area (Å²) in [6, 6.07) is 5.57. The van der Waals surface area contributed by atoms with Gasteiger partial charge in [-0.25, -0.2) is 9.97 Å². The predicted molar refractivity (Wildman–Crippen MR) is 86.4 cm³/mol. The van der Waals surface area contributed by atoms with Crippen LogP contribution in [0.2, 0.25) is 10.2 Å². The van der Waals surface area contributed by atoms with E-state index in [-0.39, 0.29) is 0 Å². The van der Waals surface area contributed by atoms with Gasteiger partial charge in [-0.05, 0) is 18.6 Å². The zero-order valence-electron chi connectivity index (χ0n) is 12.0. The zero-order valence-corrected chi connectivity index (χ0v) is 13.5. The summed E-state index contributed by atoms with van der Waals surface area (Å²) in [7, 11) is 1.62. The standard InChI is InChI=1S/C15H17Cl2N3O/c1-3-5-10-14(17)19-9-20-15(10)18-8-11-12(16)6-4-7-13(11)21-2/h4,6-7,9H,3,5,8H2,1-2H3,(H,18,19,20). The summed E-state index contributed by atoms with van der Waals surface area (Å²) in [5.41, 5.74) is 1.81. The van der Waals surface area contributed by atoms with E-state index in [2.05, 4.69) is 22.2 Å². The smallest absolute Gasteiger partial charge is 0.137 e. The molecule has 1 aromatic carbocycles. The van der Waals surface area contributed by atoms with Crippen molar-refractivity contribution in [2.45, 2.75) is 26.3 Å². The van der Waals surface area contributed by atoms with E-state index in [9.17, 15) is 0 Å². The number of ether oxygens (including phenoxy) is 1. The summed E-state index contributed by atoms with van der Waals surface area (Å²) >= 11 is 12.4. The highest BCUT2D eigenvalue weighted by Gasteiger charge is 2.11. The Kier molecular flexibility index (Phi) is 5.65. The fourth-order valence-electron chi connectivity index (χ4n) is 2.09. The van der Waals surface area contributed by atoms with E-state index in [1.165, 1.54) is 6.33 Å². The highest BCUT2D eigenvalue weighted by molar-refractivity contribution is 6.31. The van der Waals surface area contributed by atoms with Crippen LogP contribution in [0.25, 0.3) is 0 Å². The molecule has 0 aliphatic heterocycles. The number of nitrogens with one attached hydrogen (secondary N) is 1. The lowest BCUT2D eigenvalue weighted by Gasteiger charge is -2.14. The molecular weight excluding hydrogens is 309 g/mol. The van der Waals surface area contributed by atoms with Crippen molar-refractivity contribution in [1.82, 2.24) is 9.97 Å². The highest BCUT2D eigenvalue weighted by atomic mass is 35.5. The van der Waals surface area contributed by atoms with Crippen molar-refractivity contribution in [3.63, 3.8) is 0 Å². The number of hydrogen-bond donors (Lipinski definition) is 1. The second kappa shape index (κ2) is 7.48. The summed E-state index contributed by atoms with van der Waals surface area (Å²) < 4.78 is 5.33. The van der Waals surface area contributed by atoms with Gasteiger partial charge in [0.15, 0.2) is 0 Å². The average Bonchev–Trinajstić information content (AvgIpc) is 2.48. The highest BCUT2D eigenvalue weighted by Crippen LogP contribution is 2.28. The van der Waals surface area contributed by atoms with E-state index in [1.54, 1.807) is 7.11 Å². The molecule has 112 valence electrons. The minimum absolute atomic E-state index is 0.487. The summed E-state index contributed by atoms with van der Waals surface area (Å²) in [6.07, 6.45) is 3.24. The molecule has 1 N–H and O–H groups in total. The Balaban J connectivity index is 2.23. The second-order valence-electron chi connectivity index (χ2n) is 4.52. The fourth-order valence-corrected chi connectivity index (χ4v) is 2.55. The monoisotopic (exact) mass is 325 g/mol. The molecule has 0 radical (unpaired) electrons. The van der Waals surface area contributed by atoms with Crippen LogP contribution in [0.5, 0.6) is 5.75 Å². The van der Waals surface area contributed by atoms with E-state index < -0.39 is 0 Å². The SMILES string of the molecule is CCCc1c(Cl)ncnc1NCc1c(Cl)cccc1OC. The molecule has 4 nitrogen and oxygen atoms in total. The van der Waals surface area contributed by atoms with Gasteiger partial charge < -0.3 is 10.1 Å². The Hall–Kier alpha value is -1.52. The third-order valence-corrected chi connectivity index (χ3v) is 3.80. The number of methoxy groups -OCH3 is 1. The third kappa shape index (κ3) is 3.77. The molecule has 0 saturated heterocycles. The Morgan fingerprint density at radius 3 is 2.71 bits per heavy atom. The first kappa shape index (κ1) is 15.9. The molecule has 6 heteroatoms. The van der Waals surface area contributed by atoms with Crippen LogP contribution >= 0.6 is 23.2 Å². The van der Waals surface area contributed by atoms with Crippen LogP contribution in [0.15, 0.2) is 24.5 Å². The molecule has 1 aromatic heterocycles. The van der Waals surface area contributed by atoms with Crippen molar-refractivity contribution in [3.05, 3.63) is 45.8 Å². The van der Waals surface area contributed by atoms with Crippen molar-refractivity contribution in [3.8, 4) is 5.75 Å². The van der Waals surface area contributed by atoms with Crippen molar-refractivity contribution < 1.29 is 4.74 Å². The molecule has 0 aliphatic carbocycles. The summed E-state index contributed by atoms with van der Waals surface area (Å²) in [6.45, 7) is 2.59. The topological polar surface area (TPSA) is 47.0 Å². The van der Waals surface area contributed by atoms with E-state index in [0.717, 1.165) is 35.5 Å². The van der Waals surface area contributed by atoms with Crippen LogP contribution < -0.4 is 10.1 Å². The van der Waals surface area contributed by atoms with Crippen LogP contribution in [0.4, 0.5) is 5.82 Å². The Morgan fingerprint density at radius 2 is 2.00 bits per heavy atom. The number of anilines is 1. The first-order valence-corrected chi connectivity index (χ1v) is 7.47. The molecular formula is C15H17Cl2N3O. The third-order valence-electron chi connectivity index (χ3n) is 3.12. The predicted octanol–water partition coefficient (Wildman–Crippen LogP) is 4.36. The van der Waals surface area contributed by atoms with Gasteiger partial charge in [-0.3, -0.25) is 0 Å². The number of benzene rings is 1. The Bertz CT molecular complexity index is 620. The molecule has 1 heterocycles. The second-order valence-corrected chi connectivity index (χ2v) is 5.28. The quantitative estimate of drug-likeness (QED) is 0.802. The van der Waals surface area contributed by atoms with Gasteiger partial charge in [-0.1, -0.05) is 42.6 Å². The number of nitrogens with zero attached hydrogens (tertiary/aromatic N) is 2. The van der Waals surface area contributed by atoms with E-state index in [1.807, 2.05) is 18.2 Å². The van der Waals surface area contributed by atoms with Crippen molar-refractivity contribution in [2.75, 3.05) is 12.4 Å². The molecule has 2 aromatic rings. The molecule has 0 saturated carbocycles. The maximum atomic E-state index is 6.23. The lowest BCUT2D eigenvalue weighted by atomic mass is 10.1. The average molecular weight is 326 g/mol. The van der Waals surface area contributed by atoms with E-state index in [0.29, 0.717) is 16.7 Å². The minimum atomic E-state index is 0.487. The van der Waals surface area contributed by atoms with Crippen molar-refractivity contribution >= 4 is 29.0 Å². The van der Waals surface area contributed by atoms with Crippen molar-refractivity contribution in [2.24, 2.45) is 0 Å². The van der Waals surface area contributed by atoms with Crippen LogP contribution in [-0.2, 0) is 13.0 Å². The van der Waals surface area contributed by atoms with E-state index >= 15 is 0 Å². The summed E-state index contributed by atoms with van der Waals surface area (Å²) in [4.78, 5) is 8.30. The maximum absolute atomic E-state index is 6.23. The van der Waals surface area contributed by atoms with Crippen LogP contribution in [0.3, 0.4) is 0 Å². The number of rotatable bonds is 6. The summed E-state index contributed by atoms with van der Waals surface area (Å²) in [5, 5.41) is 4.41. The molecule has 0 aliphatic rings. The molecule has 0 bridgehead atoms. The zero-order chi connectivity index (χ0) is 15.2. The largest absolute Gasteiger partial charge is 0.496 e. The number of aromatic nitrogens is 2. The Morgan fingerprint density at radius 1 is 1.19 bits per heavy atom. The molecule has 21 heavy (non-hydrogen) atoms. The number of hydrogen-bond acceptors (Lipinski definition) is 4. The van der Waals surface area contributed by atoms with Crippen molar-refractivity contribution in [1.29, 1.82) is 0 Å². The van der Waals surface area contributed by atoms with Crippen LogP contribution in [0.1, 0.15) is 24.5 Å². The van der Waals surface area contributed by atoms with Gasteiger partial charge in [-0.15, -0.1) is 0 Å². The normalized spacial score (nSPS) is 10.5. The Labute approximate surface area is 134 Å². The lowest BCUT2D eigenvalue weighted by Crippen LogP contribution is -2.07. The van der Waals surface area contributed by atoms with Gasteiger partial charge in [0.1, 0.15) is 23.0 Å². The molecule has 0 fully saturated rings. The minimum Gasteiger partial charge on any atom is -0.496 e. The summed E-state index contributed by atoms with van der Waals surface area (Å²) in [5.74, 6) is 1.48. The molecule has 2 rings (SSSR count). The van der Waals surface area contributed by atoms with Gasteiger partial charge in [0.05, 0.1) is 7.11 Å². The lowest BCUT2D eigenvalue weighted by molar-refractivity contribution is 0.410. The van der Waals surface area contributed by atoms with Crippen LogP contribution in [0, 0.1) is 0 Å². The molecule has 0 atom stereocenters. The van der Waals surface area contributed by atoms with Gasteiger partial charge >= 0.3 is 0 Å². The van der Waals surface area contributed by atoms with Gasteiger partial charge in [0.25, 0.3) is 0 Å². The number of halogens is 2. The molecule has 0 spiro atoms. The maximum Gasteiger partial charge on any atom is 0.137 e. The molecule has 0 amide bonds. The first-order valence-electron chi connectivity index (χ1n) is 6.72. The van der Waals surface area contributed by atoms with E-state index in [4.69, 9.17) is 27.9 Å².